The Bertz CT molecular complexity index is 642. The van der Waals surface area contributed by atoms with E-state index in [9.17, 15) is 10.2 Å². The highest BCUT2D eigenvalue weighted by atomic mass is 16.5. The number of benzene rings is 2. The van der Waals surface area contributed by atoms with Crippen molar-refractivity contribution in [1.29, 1.82) is 0 Å². The molecule has 2 N–H and O–H groups in total. The first-order valence-corrected chi connectivity index (χ1v) is 7.30. The number of ether oxygens (including phenoxy) is 1. The molecule has 0 aliphatic rings. The van der Waals surface area contributed by atoms with Gasteiger partial charge in [-0.15, -0.1) is 0 Å². The van der Waals surface area contributed by atoms with E-state index in [-0.39, 0.29) is 11.9 Å². The third-order valence-corrected chi connectivity index (χ3v) is 3.53. The van der Waals surface area contributed by atoms with E-state index in [1.165, 1.54) is 0 Å². The van der Waals surface area contributed by atoms with E-state index >= 15 is 0 Å². The van der Waals surface area contributed by atoms with Crippen LogP contribution in [0, 0.1) is 0 Å². The Hall–Kier alpha value is -2.26. The minimum atomic E-state index is -0.383. The van der Waals surface area contributed by atoms with Crippen LogP contribution in [0.15, 0.2) is 49.0 Å². The molecule has 0 fully saturated rings. The Balaban J connectivity index is 2.24. The molecular weight excluding hydrogens is 276 g/mol. The predicted molar refractivity (Wildman–Crippen MR) is 89.2 cm³/mol. The molecule has 0 amide bonds. The summed E-state index contributed by atoms with van der Waals surface area (Å²) >= 11 is 0. The van der Waals surface area contributed by atoms with Gasteiger partial charge in [-0.05, 0) is 60.7 Å². The molecule has 22 heavy (non-hydrogen) atoms. The Morgan fingerprint density at radius 3 is 2.36 bits per heavy atom. The van der Waals surface area contributed by atoms with Crippen LogP contribution >= 0.6 is 0 Å². The lowest BCUT2D eigenvalue weighted by Gasteiger charge is -2.14. The van der Waals surface area contributed by atoms with Crippen LogP contribution in [0.3, 0.4) is 0 Å². The third kappa shape index (κ3) is 4.12. The first kappa shape index (κ1) is 16.1. The van der Waals surface area contributed by atoms with E-state index in [2.05, 4.69) is 6.58 Å². The molecule has 3 nitrogen and oxygen atoms in total. The molecular formula is C19H22O3. The molecule has 0 aromatic heterocycles. The zero-order valence-electron chi connectivity index (χ0n) is 13.0. The van der Waals surface area contributed by atoms with Gasteiger partial charge in [0.1, 0.15) is 11.5 Å². The molecule has 0 unspecified atom stereocenters. The van der Waals surface area contributed by atoms with Gasteiger partial charge in [0, 0.05) is 5.56 Å². The highest BCUT2D eigenvalue weighted by Crippen LogP contribution is 2.29. The lowest BCUT2D eigenvalue weighted by molar-refractivity contribution is 0.195. The van der Waals surface area contributed by atoms with Gasteiger partial charge in [0.2, 0.25) is 0 Å². The summed E-state index contributed by atoms with van der Waals surface area (Å²) in [6.07, 6.45) is 0.893. The molecule has 1 atom stereocenters. The van der Waals surface area contributed by atoms with E-state index in [0.717, 1.165) is 28.0 Å². The largest absolute Gasteiger partial charge is 0.508 e. The van der Waals surface area contributed by atoms with Crippen molar-refractivity contribution >= 4 is 5.57 Å². The average Bonchev–Trinajstić information content (AvgIpc) is 2.49. The number of rotatable bonds is 6. The van der Waals surface area contributed by atoms with E-state index in [1.807, 2.05) is 30.3 Å². The number of phenols is 1. The second-order valence-electron chi connectivity index (χ2n) is 5.53. The summed E-state index contributed by atoms with van der Waals surface area (Å²) in [5.41, 5.74) is 4.02. The van der Waals surface area contributed by atoms with Crippen LogP contribution in [0.2, 0.25) is 0 Å². The number of hydrogen-bond acceptors (Lipinski definition) is 3. The van der Waals surface area contributed by atoms with Crippen LogP contribution in [-0.4, -0.2) is 23.4 Å². The number of aromatic hydroxyl groups is 1. The minimum Gasteiger partial charge on any atom is -0.508 e. The predicted octanol–water partition coefficient (Wildman–Crippen LogP) is 3.58. The van der Waals surface area contributed by atoms with Crippen LogP contribution in [0.1, 0.15) is 23.6 Å². The molecule has 116 valence electrons. The molecule has 0 aliphatic carbocycles. The summed E-state index contributed by atoms with van der Waals surface area (Å²) in [4.78, 5) is 0. The van der Waals surface area contributed by atoms with Gasteiger partial charge >= 0.3 is 0 Å². The van der Waals surface area contributed by atoms with Crippen molar-refractivity contribution < 1.29 is 14.9 Å². The fraction of sp³-hybridized carbons (Fsp3) is 0.263. The topological polar surface area (TPSA) is 49.7 Å². The zero-order valence-corrected chi connectivity index (χ0v) is 13.0. The average molecular weight is 298 g/mol. The molecule has 0 saturated carbocycles. The second-order valence-corrected chi connectivity index (χ2v) is 5.53. The van der Waals surface area contributed by atoms with Crippen molar-refractivity contribution in [3.05, 3.63) is 65.7 Å². The van der Waals surface area contributed by atoms with Gasteiger partial charge in [0.15, 0.2) is 0 Å². The fourth-order valence-corrected chi connectivity index (χ4v) is 2.45. The Kier molecular flexibility index (Phi) is 5.23. The summed E-state index contributed by atoms with van der Waals surface area (Å²) in [5, 5.41) is 18.9. The lowest BCUT2D eigenvalue weighted by atomic mass is 9.96. The Labute approximate surface area is 131 Å². The van der Waals surface area contributed by atoms with Crippen LogP contribution in [0.4, 0.5) is 0 Å². The van der Waals surface area contributed by atoms with E-state index < -0.39 is 0 Å². The van der Waals surface area contributed by atoms with Gasteiger partial charge in [0.25, 0.3) is 0 Å². The number of allylic oxidation sites excluding steroid dienone is 1. The minimum absolute atomic E-state index is 0.255. The van der Waals surface area contributed by atoms with Crippen LogP contribution in [0.5, 0.6) is 11.5 Å². The first-order valence-electron chi connectivity index (χ1n) is 7.30. The van der Waals surface area contributed by atoms with Gasteiger partial charge in [-0.2, -0.15) is 0 Å². The van der Waals surface area contributed by atoms with Crippen LogP contribution in [-0.2, 0) is 12.8 Å². The summed E-state index contributed by atoms with van der Waals surface area (Å²) in [5.74, 6) is 1.03. The maximum atomic E-state index is 9.55. The number of phenolic OH excluding ortho intramolecular Hbond substituents is 1. The van der Waals surface area contributed by atoms with Gasteiger partial charge in [-0.25, -0.2) is 0 Å². The molecule has 2 aromatic carbocycles. The summed E-state index contributed by atoms with van der Waals surface area (Å²) in [6, 6.07) is 13.0. The molecule has 2 aromatic rings. The first-order chi connectivity index (χ1) is 10.5. The monoisotopic (exact) mass is 298 g/mol. The van der Waals surface area contributed by atoms with Crippen molar-refractivity contribution in [1.82, 2.24) is 0 Å². The fourth-order valence-electron chi connectivity index (χ4n) is 2.45. The standard InChI is InChI=1S/C19H22O3/c1-13(10-15-4-7-17(21)8-5-15)18-12-16(11-14(2)20)6-9-19(18)22-3/h4-9,12,14,20-21H,1,10-11H2,2-3H3/t14-/m1/s1. The number of aliphatic hydroxyl groups is 1. The van der Waals surface area contributed by atoms with Crippen molar-refractivity contribution in [3.8, 4) is 11.5 Å². The van der Waals surface area contributed by atoms with Gasteiger partial charge in [0.05, 0.1) is 13.2 Å². The second kappa shape index (κ2) is 7.14. The SMILES string of the molecule is C=C(Cc1ccc(O)cc1)c1cc(C[C@@H](C)O)ccc1OC. The Morgan fingerprint density at radius 1 is 1.14 bits per heavy atom. The van der Waals surface area contributed by atoms with Crippen molar-refractivity contribution in [3.63, 3.8) is 0 Å². The number of aliphatic hydroxyl groups excluding tert-OH is 1. The third-order valence-electron chi connectivity index (χ3n) is 3.53. The summed E-state index contributed by atoms with van der Waals surface area (Å²) < 4.78 is 5.42. The van der Waals surface area contributed by atoms with Crippen LogP contribution in [0.25, 0.3) is 5.57 Å². The Morgan fingerprint density at radius 2 is 1.77 bits per heavy atom. The van der Waals surface area contributed by atoms with E-state index in [1.54, 1.807) is 26.2 Å². The maximum Gasteiger partial charge on any atom is 0.126 e. The maximum absolute atomic E-state index is 9.55. The normalized spacial score (nSPS) is 12.0. The van der Waals surface area contributed by atoms with Crippen molar-refractivity contribution in [2.24, 2.45) is 0 Å². The van der Waals surface area contributed by atoms with Crippen molar-refractivity contribution in [2.45, 2.75) is 25.9 Å². The highest BCUT2D eigenvalue weighted by molar-refractivity contribution is 5.71. The molecule has 0 bridgehead atoms. The highest BCUT2D eigenvalue weighted by Gasteiger charge is 2.10. The van der Waals surface area contributed by atoms with Gasteiger partial charge in [-0.3, -0.25) is 0 Å². The summed E-state index contributed by atoms with van der Waals surface area (Å²) in [7, 11) is 1.64. The number of hydrogen-bond donors (Lipinski definition) is 2. The zero-order chi connectivity index (χ0) is 16.1. The molecule has 2 rings (SSSR count). The molecule has 0 heterocycles. The van der Waals surface area contributed by atoms with E-state index in [0.29, 0.717) is 12.8 Å². The molecule has 0 aliphatic heterocycles. The van der Waals surface area contributed by atoms with Crippen molar-refractivity contribution in [2.75, 3.05) is 7.11 Å². The molecule has 0 spiro atoms. The summed E-state index contributed by atoms with van der Waals surface area (Å²) in [6.45, 7) is 5.94. The quantitative estimate of drug-likeness (QED) is 0.857. The van der Waals surface area contributed by atoms with Gasteiger partial charge < -0.3 is 14.9 Å². The smallest absolute Gasteiger partial charge is 0.126 e. The van der Waals surface area contributed by atoms with E-state index in [4.69, 9.17) is 4.74 Å². The number of methoxy groups -OCH3 is 1. The lowest BCUT2D eigenvalue weighted by Crippen LogP contribution is -2.05. The van der Waals surface area contributed by atoms with Gasteiger partial charge in [-0.1, -0.05) is 24.8 Å². The molecule has 3 heteroatoms. The molecule has 0 saturated heterocycles. The molecule has 0 radical (unpaired) electrons. The van der Waals surface area contributed by atoms with Crippen LogP contribution < -0.4 is 4.74 Å².